The van der Waals surface area contributed by atoms with E-state index in [4.69, 9.17) is 9.47 Å². The zero-order valence-corrected chi connectivity index (χ0v) is 10.7. The van der Waals surface area contributed by atoms with E-state index in [-0.39, 0.29) is 11.8 Å². The van der Waals surface area contributed by atoms with Gasteiger partial charge in [0.1, 0.15) is 12.1 Å². The predicted molar refractivity (Wildman–Crippen MR) is 67.3 cm³/mol. The van der Waals surface area contributed by atoms with Crippen LogP contribution in [0.25, 0.3) is 0 Å². The highest BCUT2D eigenvalue weighted by Crippen LogP contribution is 2.38. The molecule has 19 heavy (non-hydrogen) atoms. The van der Waals surface area contributed by atoms with Crippen molar-refractivity contribution >= 4 is 11.7 Å². The molecule has 1 aromatic rings. The summed E-state index contributed by atoms with van der Waals surface area (Å²) in [7, 11) is 0. The number of nitrogens with one attached hydrogen (secondary N) is 1. The Labute approximate surface area is 111 Å². The lowest BCUT2D eigenvalue weighted by Gasteiger charge is -2.34. The number of hydrogen-bond acceptors (Lipinski definition) is 5. The van der Waals surface area contributed by atoms with Crippen molar-refractivity contribution < 1.29 is 14.3 Å². The number of rotatable bonds is 2. The smallest absolute Gasteiger partial charge is 0.228 e. The molecule has 3 rings (SSSR count). The predicted octanol–water partition coefficient (Wildman–Crippen LogP) is 1.35. The molecule has 102 valence electrons. The summed E-state index contributed by atoms with van der Waals surface area (Å²) in [4.78, 5) is 19.9. The first-order valence-electron chi connectivity index (χ1n) is 6.62. The van der Waals surface area contributed by atoms with Crippen molar-refractivity contribution in [2.24, 2.45) is 5.92 Å². The van der Waals surface area contributed by atoms with E-state index in [1.54, 1.807) is 12.3 Å². The average Bonchev–Trinajstić information content (AvgIpc) is 2.89. The van der Waals surface area contributed by atoms with Crippen molar-refractivity contribution in [2.45, 2.75) is 31.5 Å². The topological polar surface area (TPSA) is 73.3 Å². The standard InChI is InChI=1S/C13H17N3O3/c17-12(16-11-3-6-14-9-15-11)10-1-4-13(5-2-10)18-7-8-19-13/h3,6,9-10H,1-2,4-5,7-8H2,(H,14,15,16,17). The molecule has 0 aromatic carbocycles. The molecule has 1 saturated carbocycles. The second-order valence-electron chi connectivity index (χ2n) is 4.97. The van der Waals surface area contributed by atoms with Gasteiger partial charge < -0.3 is 14.8 Å². The minimum Gasteiger partial charge on any atom is -0.348 e. The summed E-state index contributed by atoms with van der Waals surface area (Å²) >= 11 is 0. The first-order valence-corrected chi connectivity index (χ1v) is 6.62. The number of hydrogen-bond donors (Lipinski definition) is 1. The van der Waals surface area contributed by atoms with E-state index >= 15 is 0 Å². The summed E-state index contributed by atoms with van der Waals surface area (Å²) in [5, 5.41) is 2.82. The van der Waals surface area contributed by atoms with Crippen LogP contribution in [0.4, 0.5) is 5.82 Å². The third-order valence-corrected chi connectivity index (χ3v) is 3.76. The van der Waals surface area contributed by atoms with Gasteiger partial charge >= 0.3 is 0 Å². The fourth-order valence-corrected chi connectivity index (χ4v) is 2.70. The summed E-state index contributed by atoms with van der Waals surface area (Å²) in [6.45, 7) is 1.33. The Kier molecular flexibility index (Phi) is 3.44. The Bertz CT molecular complexity index is 436. The van der Waals surface area contributed by atoms with Gasteiger partial charge in [-0.2, -0.15) is 0 Å². The number of carbonyl (C=O) groups is 1. The Morgan fingerprint density at radius 3 is 2.68 bits per heavy atom. The van der Waals surface area contributed by atoms with Crippen LogP contribution >= 0.6 is 0 Å². The third kappa shape index (κ3) is 2.74. The van der Waals surface area contributed by atoms with Gasteiger partial charge in [-0.15, -0.1) is 0 Å². The zero-order chi connectivity index (χ0) is 13.1. The van der Waals surface area contributed by atoms with Crippen LogP contribution in [0.3, 0.4) is 0 Å². The summed E-state index contributed by atoms with van der Waals surface area (Å²) in [5.74, 6) is 0.166. The maximum atomic E-state index is 12.1. The molecule has 1 aliphatic carbocycles. The minimum atomic E-state index is -0.411. The molecular formula is C13H17N3O3. The highest BCUT2D eigenvalue weighted by molar-refractivity contribution is 5.91. The second-order valence-corrected chi connectivity index (χ2v) is 4.97. The second kappa shape index (κ2) is 5.22. The van der Waals surface area contributed by atoms with E-state index in [2.05, 4.69) is 15.3 Å². The number of ether oxygens (including phenoxy) is 2. The molecule has 1 spiro atoms. The highest BCUT2D eigenvalue weighted by atomic mass is 16.7. The molecule has 2 aliphatic rings. The van der Waals surface area contributed by atoms with Gasteiger partial charge in [0.25, 0.3) is 0 Å². The van der Waals surface area contributed by atoms with Crippen LogP contribution in [0, 0.1) is 5.92 Å². The SMILES string of the molecule is O=C(Nc1ccncn1)C1CCC2(CC1)OCCO2. The monoisotopic (exact) mass is 263 g/mol. The third-order valence-electron chi connectivity index (χ3n) is 3.76. The van der Waals surface area contributed by atoms with Crippen molar-refractivity contribution in [3.05, 3.63) is 18.6 Å². The van der Waals surface area contributed by atoms with E-state index in [1.165, 1.54) is 6.33 Å². The molecule has 0 unspecified atom stereocenters. The maximum Gasteiger partial charge on any atom is 0.228 e. The molecule has 0 bridgehead atoms. The van der Waals surface area contributed by atoms with Gasteiger partial charge in [0.2, 0.25) is 5.91 Å². The van der Waals surface area contributed by atoms with Gasteiger partial charge in [0.15, 0.2) is 5.79 Å². The molecule has 2 heterocycles. The molecule has 1 aliphatic heterocycles. The van der Waals surface area contributed by atoms with E-state index < -0.39 is 5.79 Å². The number of anilines is 1. The first kappa shape index (κ1) is 12.5. The molecule has 2 fully saturated rings. The molecule has 0 radical (unpaired) electrons. The van der Waals surface area contributed by atoms with Crippen molar-refractivity contribution in [1.82, 2.24) is 9.97 Å². The van der Waals surface area contributed by atoms with Crippen LogP contribution in [-0.2, 0) is 14.3 Å². The van der Waals surface area contributed by atoms with E-state index in [9.17, 15) is 4.79 Å². The van der Waals surface area contributed by atoms with Crippen molar-refractivity contribution in [3.63, 3.8) is 0 Å². The molecular weight excluding hydrogens is 246 g/mol. The van der Waals surface area contributed by atoms with Gasteiger partial charge in [-0.25, -0.2) is 9.97 Å². The van der Waals surface area contributed by atoms with Gasteiger partial charge in [-0.05, 0) is 18.9 Å². The number of nitrogens with zero attached hydrogens (tertiary/aromatic N) is 2. The van der Waals surface area contributed by atoms with Crippen LogP contribution < -0.4 is 5.32 Å². The Balaban J connectivity index is 1.55. The minimum absolute atomic E-state index is 0.00777. The average molecular weight is 263 g/mol. The van der Waals surface area contributed by atoms with Gasteiger partial charge in [-0.1, -0.05) is 0 Å². The van der Waals surface area contributed by atoms with Crippen LogP contribution in [0.2, 0.25) is 0 Å². The molecule has 1 aromatic heterocycles. The quantitative estimate of drug-likeness (QED) is 0.871. The van der Waals surface area contributed by atoms with E-state index in [0.717, 1.165) is 25.7 Å². The van der Waals surface area contributed by atoms with Crippen LogP contribution in [0.1, 0.15) is 25.7 Å². The highest BCUT2D eigenvalue weighted by Gasteiger charge is 2.41. The zero-order valence-electron chi connectivity index (χ0n) is 10.7. The van der Waals surface area contributed by atoms with Crippen LogP contribution in [0.5, 0.6) is 0 Å². The molecule has 1 N–H and O–H groups in total. The molecule has 0 atom stereocenters. The number of carbonyl (C=O) groups excluding carboxylic acids is 1. The lowest BCUT2D eigenvalue weighted by molar-refractivity contribution is -0.182. The lowest BCUT2D eigenvalue weighted by atomic mass is 9.84. The number of amides is 1. The maximum absolute atomic E-state index is 12.1. The summed E-state index contributed by atoms with van der Waals surface area (Å²) in [6.07, 6.45) is 6.18. The van der Waals surface area contributed by atoms with Crippen LogP contribution in [0.15, 0.2) is 18.6 Å². The van der Waals surface area contributed by atoms with Crippen molar-refractivity contribution in [2.75, 3.05) is 18.5 Å². The summed E-state index contributed by atoms with van der Waals surface area (Å²) < 4.78 is 11.3. The summed E-state index contributed by atoms with van der Waals surface area (Å²) in [5.41, 5.74) is 0. The van der Waals surface area contributed by atoms with Crippen molar-refractivity contribution in [1.29, 1.82) is 0 Å². The largest absolute Gasteiger partial charge is 0.348 e. The Morgan fingerprint density at radius 2 is 2.05 bits per heavy atom. The van der Waals surface area contributed by atoms with E-state index in [0.29, 0.717) is 19.0 Å². The first-order chi connectivity index (χ1) is 9.27. The Hall–Kier alpha value is -1.53. The normalized spacial score (nSPS) is 22.5. The summed E-state index contributed by atoms with van der Waals surface area (Å²) in [6, 6.07) is 1.69. The molecule has 1 saturated heterocycles. The lowest BCUT2D eigenvalue weighted by Crippen LogP contribution is -2.38. The molecule has 6 nitrogen and oxygen atoms in total. The van der Waals surface area contributed by atoms with E-state index in [1.807, 2.05) is 0 Å². The van der Waals surface area contributed by atoms with Crippen molar-refractivity contribution in [3.8, 4) is 0 Å². The van der Waals surface area contributed by atoms with Gasteiger partial charge in [-0.3, -0.25) is 4.79 Å². The fraction of sp³-hybridized carbons (Fsp3) is 0.615. The Morgan fingerprint density at radius 1 is 1.32 bits per heavy atom. The molecule has 1 amide bonds. The number of aromatic nitrogens is 2. The van der Waals surface area contributed by atoms with Gasteiger partial charge in [0, 0.05) is 25.0 Å². The molecule has 6 heteroatoms. The van der Waals surface area contributed by atoms with Crippen LogP contribution in [-0.4, -0.2) is 34.9 Å². The fourth-order valence-electron chi connectivity index (χ4n) is 2.70. The van der Waals surface area contributed by atoms with Gasteiger partial charge in [0.05, 0.1) is 13.2 Å².